The van der Waals surface area contributed by atoms with Crippen LogP contribution in [0.3, 0.4) is 0 Å². The number of hydrogen-bond acceptors (Lipinski definition) is 8. The third kappa shape index (κ3) is 1.42. The predicted octanol–water partition coefficient (Wildman–Crippen LogP) is -1.95. The molecule has 1 saturated heterocycles. The summed E-state index contributed by atoms with van der Waals surface area (Å²) in [6.07, 6.45) is -2.88. The lowest BCUT2D eigenvalue weighted by Gasteiger charge is -2.68. The molecule has 8 heteroatoms. The van der Waals surface area contributed by atoms with Gasteiger partial charge in [-0.05, 0) is 30.6 Å². The van der Waals surface area contributed by atoms with Gasteiger partial charge in [-0.15, -0.1) is 0 Å². The zero-order chi connectivity index (χ0) is 19.3. The molecule has 5 saturated carbocycles. The molecule has 152 valence electrons. The molecule has 4 unspecified atom stereocenters. The summed E-state index contributed by atoms with van der Waals surface area (Å²) in [5, 5.41) is 79.9. The third-order valence-corrected chi connectivity index (χ3v) is 10.0. The van der Waals surface area contributed by atoms with Crippen LogP contribution in [0.2, 0.25) is 0 Å². The van der Waals surface area contributed by atoms with E-state index in [0.29, 0.717) is 19.3 Å². The van der Waals surface area contributed by atoms with E-state index >= 15 is 0 Å². The van der Waals surface area contributed by atoms with E-state index in [4.69, 9.17) is 0 Å². The minimum Gasteiger partial charge on any atom is -0.393 e. The first-order valence-electron chi connectivity index (χ1n) is 10.2. The van der Waals surface area contributed by atoms with E-state index in [1.807, 2.05) is 6.92 Å². The molecule has 7 bridgehead atoms. The Morgan fingerprint density at radius 3 is 2.48 bits per heavy atom. The van der Waals surface area contributed by atoms with E-state index in [9.17, 15) is 35.8 Å². The molecule has 27 heavy (non-hydrogen) atoms. The van der Waals surface area contributed by atoms with Crippen LogP contribution in [0.15, 0.2) is 0 Å². The van der Waals surface area contributed by atoms with E-state index in [-0.39, 0.29) is 13.0 Å². The highest BCUT2D eigenvalue weighted by molar-refractivity contribution is 5.40. The lowest BCUT2D eigenvalue weighted by molar-refractivity contribution is -0.353. The summed E-state index contributed by atoms with van der Waals surface area (Å²) in [6, 6.07) is -1.03. The number of fused-ring (bicyclic) bond motifs is 2. The summed E-state index contributed by atoms with van der Waals surface area (Å²) < 4.78 is 0. The first-order valence-corrected chi connectivity index (χ1v) is 10.2. The Morgan fingerprint density at radius 2 is 1.78 bits per heavy atom. The summed E-state index contributed by atoms with van der Waals surface area (Å²) >= 11 is 0. The van der Waals surface area contributed by atoms with Gasteiger partial charge in [0.1, 0.15) is 11.2 Å². The number of hydroxylamine groups is 2. The standard InChI is InChI=1S/C19H29NO7/c1-16-3-2-10(22)18-8-4-7-9(21)5-17(25,11(8)12(7)23)19(26,14(24)13(16)18)15(18)20(27)6-16/h7-15,21-27H,2-6H2,1H3/t7-,8-,9?,10?,11-,12?,13-,14?,15+,16+,17-,18+,19-/m1/s1. The second-order valence-electron chi connectivity index (χ2n) is 10.7. The van der Waals surface area contributed by atoms with Gasteiger partial charge in [0.2, 0.25) is 0 Å². The fraction of sp³-hybridized carbons (Fsp3) is 1.00. The van der Waals surface area contributed by atoms with Crippen LogP contribution < -0.4 is 0 Å². The van der Waals surface area contributed by atoms with Crippen molar-refractivity contribution in [3.05, 3.63) is 0 Å². The quantitative estimate of drug-likeness (QED) is 0.256. The lowest BCUT2D eigenvalue weighted by atomic mass is 9.43. The molecule has 1 heterocycles. The lowest BCUT2D eigenvalue weighted by Crippen LogP contribution is -2.81. The van der Waals surface area contributed by atoms with Crippen LogP contribution in [0.25, 0.3) is 0 Å². The average Bonchev–Trinajstić information content (AvgIpc) is 2.96. The van der Waals surface area contributed by atoms with Crippen LogP contribution in [0, 0.1) is 34.5 Å². The van der Waals surface area contributed by atoms with E-state index in [2.05, 4.69) is 0 Å². The van der Waals surface area contributed by atoms with Crippen molar-refractivity contribution in [2.24, 2.45) is 34.5 Å². The largest absolute Gasteiger partial charge is 0.393 e. The Labute approximate surface area is 157 Å². The van der Waals surface area contributed by atoms with Crippen molar-refractivity contribution >= 4 is 0 Å². The van der Waals surface area contributed by atoms with Gasteiger partial charge in [0, 0.05) is 36.1 Å². The molecule has 6 fully saturated rings. The van der Waals surface area contributed by atoms with Crippen molar-refractivity contribution in [1.29, 1.82) is 0 Å². The fourth-order valence-corrected chi connectivity index (χ4v) is 9.42. The first kappa shape index (κ1) is 17.5. The summed E-state index contributed by atoms with van der Waals surface area (Å²) in [4.78, 5) is 0. The minimum atomic E-state index is -2.13. The van der Waals surface area contributed by atoms with Crippen molar-refractivity contribution in [3.63, 3.8) is 0 Å². The molecule has 13 atom stereocenters. The molecule has 1 aliphatic heterocycles. The Hall–Kier alpha value is -0.320. The molecule has 0 aromatic rings. The minimum absolute atomic E-state index is 0.149. The van der Waals surface area contributed by atoms with Crippen molar-refractivity contribution in [3.8, 4) is 0 Å². The fourth-order valence-electron chi connectivity index (χ4n) is 9.42. The molecule has 1 spiro atoms. The van der Waals surface area contributed by atoms with Crippen molar-refractivity contribution < 1.29 is 35.8 Å². The van der Waals surface area contributed by atoms with Crippen LogP contribution in [0.5, 0.6) is 0 Å². The van der Waals surface area contributed by atoms with Crippen LogP contribution >= 0.6 is 0 Å². The van der Waals surface area contributed by atoms with Gasteiger partial charge < -0.3 is 35.8 Å². The molecule has 0 radical (unpaired) electrons. The van der Waals surface area contributed by atoms with Gasteiger partial charge >= 0.3 is 0 Å². The molecule has 7 N–H and O–H groups in total. The van der Waals surface area contributed by atoms with E-state index in [1.54, 1.807) is 0 Å². The van der Waals surface area contributed by atoms with Gasteiger partial charge in [-0.25, -0.2) is 0 Å². The molecule has 0 aromatic heterocycles. The Kier molecular flexibility index (Phi) is 2.95. The van der Waals surface area contributed by atoms with Gasteiger partial charge in [0.25, 0.3) is 0 Å². The average molecular weight is 383 g/mol. The van der Waals surface area contributed by atoms with Gasteiger partial charge in [0.15, 0.2) is 0 Å². The van der Waals surface area contributed by atoms with Crippen molar-refractivity contribution in [1.82, 2.24) is 5.06 Å². The maximum absolute atomic E-state index is 11.9. The van der Waals surface area contributed by atoms with Crippen molar-refractivity contribution in [2.45, 2.75) is 74.3 Å². The van der Waals surface area contributed by atoms with Crippen LogP contribution in [0.4, 0.5) is 0 Å². The smallest absolute Gasteiger partial charge is 0.138 e. The van der Waals surface area contributed by atoms with Crippen LogP contribution in [0.1, 0.15) is 32.6 Å². The Bertz CT molecular complexity index is 722. The Morgan fingerprint density at radius 1 is 1.07 bits per heavy atom. The van der Waals surface area contributed by atoms with Gasteiger partial charge in [-0.1, -0.05) is 6.92 Å². The third-order valence-electron chi connectivity index (χ3n) is 10.0. The molecule has 8 nitrogen and oxygen atoms in total. The van der Waals surface area contributed by atoms with Gasteiger partial charge in [-0.2, -0.15) is 5.06 Å². The summed E-state index contributed by atoms with van der Waals surface area (Å²) in [7, 11) is 0. The van der Waals surface area contributed by atoms with E-state index in [0.717, 1.165) is 5.06 Å². The summed E-state index contributed by atoms with van der Waals surface area (Å²) in [5.41, 5.74) is -5.61. The molecular formula is C19H29NO7. The normalized spacial score (nSPS) is 71.8. The zero-order valence-corrected chi connectivity index (χ0v) is 15.3. The van der Waals surface area contributed by atoms with Crippen LogP contribution in [-0.2, 0) is 0 Å². The molecular weight excluding hydrogens is 354 g/mol. The molecule has 6 rings (SSSR count). The van der Waals surface area contributed by atoms with Gasteiger partial charge in [0.05, 0.1) is 30.5 Å². The maximum atomic E-state index is 11.9. The molecule has 5 aliphatic carbocycles. The molecule has 0 amide bonds. The monoisotopic (exact) mass is 383 g/mol. The SMILES string of the molecule is C[C@@]12CCC(O)[C@@]34[C@@H]5C[C@@H]6C(O)C[C@@](O)([C@H]5C6O)[C@@](O)(C(O)[C@H]13)[C@H]4N(O)C2. The van der Waals surface area contributed by atoms with Crippen molar-refractivity contribution in [2.75, 3.05) is 6.54 Å². The number of nitrogens with zero attached hydrogens (tertiary/aromatic N) is 1. The second-order valence-corrected chi connectivity index (χ2v) is 10.7. The summed E-state index contributed by atoms with van der Waals surface area (Å²) in [5.74, 6) is -2.05. The summed E-state index contributed by atoms with van der Waals surface area (Å²) in [6.45, 7) is 2.22. The Balaban J connectivity index is 1.69. The number of rotatable bonds is 0. The predicted molar refractivity (Wildman–Crippen MR) is 89.2 cm³/mol. The molecule has 0 aromatic carbocycles. The zero-order valence-electron chi connectivity index (χ0n) is 15.3. The van der Waals surface area contributed by atoms with Gasteiger partial charge in [-0.3, -0.25) is 0 Å². The molecule has 6 aliphatic rings. The highest BCUT2D eigenvalue weighted by Crippen LogP contribution is 2.79. The first-order chi connectivity index (χ1) is 12.5. The maximum Gasteiger partial charge on any atom is 0.138 e. The van der Waals surface area contributed by atoms with E-state index < -0.39 is 76.2 Å². The number of hydrogen-bond donors (Lipinski definition) is 7. The number of aliphatic hydroxyl groups is 6. The topological polar surface area (TPSA) is 145 Å². The van der Waals surface area contributed by atoms with Crippen LogP contribution in [-0.4, -0.2) is 89.1 Å². The highest BCUT2D eigenvalue weighted by Gasteiger charge is 2.90. The van der Waals surface area contributed by atoms with E-state index in [1.165, 1.54) is 0 Å². The number of aliphatic hydroxyl groups excluding tert-OH is 4. The number of piperidine rings is 1. The highest BCUT2D eigenvalue weighted by atomic mass is 16.5. The second kappa shape index (κ2) is 4.54.